The van der Waals surface area contributed by atoms with E-state index in [0.29, 0.717) is 19.4 Å². The van der Waals surface area contributed by atoms with Crippen molar-refractivity contribution in [2.45, 2.75) is 31.0 Å². The predicted octanol–water partition coefficient (Wildman–Crippen LogP) is -0.179. The van der Waals surface area contributed by atoms with Crippen LogP contribution in [-0.4, -0.2) is 62.0 Å². The van der Waals surface area contributed by atoms with E-state index in [1.165, 1.54) is 0 Å². The highest BCUT2D eigenvalue weighted by Crippen LogP contribution is 2.32. The van der Waals surface area contributed by atoms with Crippen LogP contribution in [0, 0.1) is 0 Å². The van der Waals surface area contributed by atoms with E-state index in [0.717, 1.165) is 11.4 Å². The highest BCUT2D eigenvalue weighted by atomic mass is 16.2. The number of aryl methyl sites for hydroxylation is 2. The molecule has 0 spiro atoms. The van der Waals surface area contributed by atoms with Crippen molar-refractivity contribution in [2.24, 2.45) is 14.1 Å². The molecule has 2 aliphatic heterocycles. The molecule has 0 bridgehead atoms. The fourth-order valence-corrected chi connectivity index (χ4v) is 3.99. The van der Waals surface area contributed by atoms with Gasteiger partial charge in [0.2, 0.25) is 11.8 Å². The summed E-state index contributed by atoms with van der Waals surface area (Å²) in [7, 11) is 5.51. The Morgan fingerprint density at radius 1 is 1.19 bits per heavy atom. The molecule has 2 fully saturated rings. The number of carbonyl (C=O) groups is 2. The van der Waals surface area contributed by atoms with E-state index < -0.39 is 0 Å². The lowest BCUT2D eigenvalue weighted by Crippen LogP contribution is -2.46. The number of hydrogen-bond donors (Lipinski definition) is 1. The molecule has 2 aliphatic rings. The maximum absolute atomic E-state index is 12.8. The van der Waals surface area contributed by atoms with Crippen LogP contribution in [0.15, 0.2) is 24.7 Å². The molecule has 2 saturated heterocycles. The minimum absolute atomic E-state index is 0.0313. The van der Waals surface area contributed by atoms with Crippen LogP contribution in [0.2, 0.25) is 0 Å². The van der Waals surface area contributed by atoms with Gasteiger partial charge in [0.25, 0.3) is 0 Å². The quantitative estimate of drug-likeness (QED) is 0.820. The molecular weight excluding hydrogens is 334 g/mol. The van der Waals surface area contributed by atoms with E-state index >= 15 is 0 Å². The van der Waals surface area contributed by atoms with Crippen molar-refractivity contribution in [3.8, 4) is 0 Å². The molecule has 0 aromatic carbocycles. The second-order valence-electron chi connectivity index (χ2n) is 7.01. The van der Waals surface area contributed by atoms with Crippen molar-refractivity contribution in [3.05, 3.63) is 30.4 Å². The molecule has 2 amide bonds. The predicted molar refractivity (Wildman–Crippen MR) is 94.2 cm³/mol. The SMILES string of the molecule is CN1C(=O)C[C@@H](NC2CCN(c3cnn(C)c3)C2=O)[C@@H]1c1ccnn1C. The molecule has 0 aliphatic carbocycles. The smallest absolute Gasteiger partial charge is 0.244 e. The number of likely N-dealkylation sites (tertiary alicyclic amines) is 1. The van der Waals surface area contributed by atoms with Crippen LogP contribution in [-0.2, 0) is 23.7 Å². The third-order valence-corrected chi connectivity index (χ3v) is 5.37. The number of aromatic nitrogens is 4. The van der Waals surface area contributed by atoms with Crippen LogP contribution >= 0.6 is 0 Å². The lowest BCUT2D eigenvalue weighted by Gasteiger charge is -2.27. The fraction of sp³-hybridized carbons (Fsp3) is 0.529. The van der Waals surface area contributed by atoms with Gasteiger partial charge in [0, 0.05) is 52.5 Å². The van der Waals surface area contributed by atoms with Gasteiger partial charge in [0.15, 0.2) is 0 Å². The van der Waals surface area contributed by atoms with Crippen LogP contribution in [0.25, 0.3) is 0 Å². The minimum atomic E-state index is -0.296. The molecule has 2 aromatic heterocycles. The number of anilines is 1. The first kappa shape index (κ1) is 16.8. The second-order valence-corrected chi connectivity index (χ2v) is 7.01. The topological polar surface area (TPSA) is 88.3 Å². The first-order chi connectivity index (χ1) is 12.5. The monoisotopic (exact) mass is 357 g/mol. The highest BCUT2D eigenvalue weighted by Gasteiger charge is 2.43. The van der Waals surface area contributed by atoms with Crippen LogP contribution in [0.1, 0.15) is 24.6 Å². The van der Waals surface area contributed by atoms with Crippen LogP contribution in [0.4, 0.5) is 5.69 Å². The van der Waals surface area contributed by atoms with Gasteiger partial charge < -0.3 is 9.80 Å². The minimum Gasteiger partial charge on any atom is -0.336 e. The molecule has 0 radical (unpaired) electrons. The Kier molecular flexibility index (Phi) is 4.03. The number of amides is 2. The summed E-state index contributed by atoms with van der Waals surface area (Å²) in [5.41, 5.74) is 1.77. The number of rotatable bonds is 4. The molecule has 4 rings (SSSR count). The Labute approximate surface area is 151 Å². The zero-order chi connectivity index (χ0) is 18.4. The van der Waals surface area contributed by atoms with Gasteiger partial charge in [-0.25, -0.2) is 0 Å². The van der Waals surface area contributed by atoms with E-state index in [1.54, 1.807) is 38.6 Å². The molecule has 9 heteroatoms. The molecule has 26 heavy (non-hydrogen) atoms. The van der Waals surface area contributed by atoms with Gasteiger partial charge in [-0.1, -0.05) is 0 Å². The van der Waals surface area contributed by atoms with E-state index in [1.807, 2.05) is 26.4 Å². The molecule has 1 N–H and O–H groups in total. The summed E-state index contributed by atoms with van der Waals surface area (Å²) in [6.45, 7) is 0.648. The van der Waals surface area contributed by atoms with Gasteiger partial charge in [-0.15, -0.1) is 0 Å². The van der Waals surface area contributed by atoms with E-state index in [2.05, 4.69) is 15.5 Å². The summed E-state index contributed by atoms with van der Waals surface area (Å²) in [6, 6.07) is 1.38. The lowest BCUT2D eigenvalue weighted by atomic mass is 10.0. The third kappa shape index (κ3) is 2.68. The summed E-state index contributed by atoms with van der Waals surface area (Å²) in [5.74, 6) is 0.104. The van der Waals surface area contributed by atoms with Crippen LogP contribution in [0.3, 0.4) is 0 Å². The third-order valence-electron chi connectivity index (χ3n) is 5.37. The molecule has 9 nitrogen and oxygen atoms in total. The first-order valence-electron chi connectivity index (χ1n) is 8.75. The molecule has 4 heterocycles. The molecular formula is C17H23N7O2. The summed E-state index contributed by atoms with van der Waals surface area (Å²) in [5, 5.41) is 11.8. The zero-order valence-electron chi connectivity index (χ0n) is 15.2. The Hall–Kier alpha value is -2.68. The van der Waals surface area contributed by atoms with Gasteiger partial charge in [0.1, 0.15) is 0 Å². The van der Waals surface area contributed by atoms with Crippen LogP contribution < -0.4 is 10.2 Å². The largest absolute Gasteiger partial charge is 0.336 e. The van der Waals surface area contributed by atoms with Gasteiger partial charge in [0.05, 0.1) is 29.7 Å². The van der Waals surface area contributed by atoms with Gasteiger partial charge in [-0.2, -0.15) is 10.2 Å². The van der Waals surface area contributed by atoms with Crippen molar-refractivity contribution < 1.29 is 9.59 Å². The lowest BCUT2D eigenvalue weighted by molar-refractivity contribution is -0.127. The number of nitrogens with one attached hydrogen (secondary N) is 1. The van der Waals surface area contributed by atoms with E-state index in [9.17, 15) is 9.59 Å². The van der Waals surface area contributed by atoms with E-state index in [4.69, 9.17) is 0 Å². The molecule has 2 aromatic rings. The van der Waals surface area contributed by atoms with Crippen molar-refractivity contribution in [3.63, 3.8) is 0 Å². The van der Waals surface area contributed by atoms with E-state index in [-0.39, 0.29) is 29.9 Å². The number of likely N-dealkylation sites (N-methyl/N-ethyl adjacent to an activating group) is 1. The Balaban J connectivity index is 1.52. The standard InChI is InChI=1S/C17H23N7O2/c1-21-10-11(9-19-21)24-7-5-12(17(24)26)20-13-8-15(25)22(2)16(13)14-4-6-18-23(14)3/h4,6,9-10,12-13,16,20H,5,7-8H2,1-3H3/t12?,13-,16-/m1/s1. The average Bonchev–Trinajstić information content (AvgIpc) is 3.34. The van der Waals surface area contributed by atoms with Crippen molar-refractivity contribution in [2.75, 3.05) is 18.5 Å². The molecule has 1 unspecified atom stereocenters. The fourth-order valence-electron chi connectivity index (χ4n) is 3.99. The zero-order valence-corrected chi connectivity index (χ0v) is 15.2. The normalized spacial score (nSPS) is 26.3. The van der Waals surface area contributed by atoms with Crippen LogP contribution in [0.5, 0.6) is 0 Å². The summed E-state index contributed by atoms with van der Waals surface area (Å²) >= 11 is 0. The van der Waals surface area contributed by atoms with Crippen molar-refractivity contribution >= 4 is 17.5 Å². The Bertz CT molecular complexity index is 842. The summed E-state index contributed by atoms with van der Waals surface area (Å²) in [4.78, 5) is 28.6. The maximum atomic E-state index is 12.8. The first-order valence-corrected chi connectivity index (χ1v) is 8.75. The summed E-state index contributed by atoms with van der Waals surface area (Å²) in [6.07, 6.45) is 6.36. The van der Waals surface area contributed by atoms with Gasteiger partial charge in [-0.3, -0.25) is 24.3 Å². The van der Waals surface area contributed by atoms with Gasteiger partial charge >= 0.3 is 0 Å². The second kappa shape index (κ2) is 6.24. The molecule has 138 valence electrons. The van der Waals surface area contributed by atoms with Crippen molar-refractivity contribution in [1.82, 2.24) is 29.8 Å². The number of carbonyl (C=O) groups excluding carboxylic acids is 2. The number of hydrogen-bond acceptors (Lipinski definition) is 5. The van der Waals surface area contributed by atoms with Gasteiger partial charge in [-0.05, 0) is 12.5 Å². The molecule has 0 saturated carbocycles. The maximum Gasteiger partial charge on any atom is 0.244 e. The Morgan fingerprint density at radius 3 is 2.65 bits per heavy atom. The average molecular weight is 357 g/mol. The number of nitrogens with zero attached hydrogens (tertiary/aromatic N) is 6. The Morgan fingerprint density at radius 2 is 2.00 bits per heavy atom. The molecule has 3 atom stereocenters. The van der Waals surface area contributed by atoms with Crippen molar-refractivity contribution in [1.29, 1.82) is 0 Å². The highest BCUT2D eigenvalue weighted by molar-refractivity contribution is 5.99. The summed E-state index contributed by atoms with van der Waals surface area (Å²) < 4.78 is 3.47.